The van der Waals surface area contributed by atoms with Crippen molar-refractivity contribution in [3.8, 4) is 0 Å². The highest BCUT2D eigenvalue weighted by Gasteiger charge is 2.35. The van der Waals surface area contributed by atoms with E-state index >= 15 is 0 Å². The first-order chi connectivity index (χ1) is 18.1. The normalized spacial score (nSPS) is 14.5. The lowest BCUT2D eigenvalue weighted by atomic mass is 10.1. The topological polar surface area (TPSA) is 86.8 Å². The van der Waals surface area contributed by atoms with E-state index in [0.29, 0.717) is 34.1 Å². The second kappa shape index (κ2) is 11.9. The van der Waals surface area contributed by atoms with Gasteiger partial charge in [0, 0.05) is 31.4 Å². The molecular weight excluding hydrogens is 545 g/mol. The Labute approximate surface area is 233 Å². The Balaban J connectivity index is 1.49. The maximum Gasteiger partial charge on any atom is 0.265 e. The number of amides is 2. The minimum absolute atomic E-state index is 0.0756. The van der Waals surface area contributed by atoms with Crippen molar-refractivity contribution in [3.63, 3.8) is 0 Å². The molecule has 2 amide bonds. The summed E-state index contributed by atoms with van der Waals surface area (Å²) in [4.78, 5) is 28.1. The molecule has 202 valence electrons. The van der Waals surface area contributed by atoms with Crippen LogP contribution in [0.3, 0.4) is 0 Å². The Bertz CT molecular complexity index is 1460. The minimum Gasteiger partial charge on any atom is -0.354 e. The molecule has 38 heavy (non-hydrogen) atoms. The number of nitrogens with one attached hydrogen (secondary N) is 1. The number of nitrogens with zero attached hydrogens (tertiary/aromatic N) is 2. The van der Waals surface area contributed by atoms with Gasteiger partial charge in [0.1, 0.15) is 6.04 Å². The van der Waals surface area contributed by atoms with Crippen molar-refractivity contribution in [1.82, 2.24) is 10.2 Å². The molecule has 3 aromatic rings. The Hall–Kier alpha value is -2.81. The van der Waals surface area contributed by atoms with Gasteiger partial charge in [-0.1, -0.05) is 66.9 Å². The predicted octanol–water partition coefficient (Wildman–Crippen LogP) is 5.77. The van der Waals surface area contributed by atoms with Gasteiger partial charge in [0.05, 0.1) is 20.6 Å². The number of benzene rings is 3. The van der Waals surface area contributed by atoms with Crippen LogP contribution in [0.4, 0.5) is 5.69 Å². The first-order valence-electron chi connectivity index (χ1n) is 12.7. The molecule has 1 N–H and O–H groups in total. The van der Waals surface area contributed by atoms with E-state index in [1.165, 1.54) is 9.21 Å². The highest BCUT2D eigenvalue weighted by Crippen LogP contribution is 2.42. The molecule has 0 radical (unpaired) electrons. The summed E-state index contributed by atoms with van der Waals surface area (Å²) in [5.41, 5.74) is 1.37. The molecule has 0 saturated heterocycles. The molecule has 4 rings (SSSR count). The van der Waals surface area contributed by atoms with Crippen LogP contribution >= 0.6 is 23.2 Å². The molecule has 0 saturated carbocycles. The van der Waals surface area contributed by atoms with E-state index in [1.807, 2.05) is 25.1 Å². The fourth-order valence-electron chi connectivity index (χ4n) is 4.67. The standard InChI is InChI=1S/C28H31Cl2N3O4S/c1-3-4-15-31-28(35)19(2)32(18-20-13-14-22(29)23(30)17-20)26(34)12-7-16-33-24-10-5-8-21-9-6-11-25(27(21)24)38(33,36)37/h5-6,8-11,13-14,17,19H,3-4,7,12,15-16,18H2,1-2H3,(H,31,35)/t19-/m1/s1. The number of halogens is 2. The summed E-state index contributed by atoms with van der Waals surface area (Å²) in [7, 11) is -3.70. The maximum atomic E-state index is 13.4. The number of anilines is 1. The van der Waals surface area contributed by atoms with Crippen molar-refractivity contribution >= 4 is 61.5 Å². The van der Waals surface area contributed by atoms with E-state index in [1.54, 1.807) is 43.3 Å². The number of sulfonamides is 1. The van der Waals surface area contributed by atoms with Crippen LogP contribution in [0.2, 0.25) is 10.0 Å². The van der Waals surface area contributed by atoms with Gasteiger partial charge in [-0.25, -0.2) is 8.42 Å². The van der Waals surface area contributed by atoms with Crippen LogP contribution < -0.4 is 9.62 Å². The molecule has 7 nitrogen and oxygen atoms in total. The lowest BCUT2D eigenvalue weighted by molar-refractivity contribution is -0.140. The summed E-state index contributed by atoms with van der Waals surface area (Å²) in [6.07, 6.45) is 2.16. The van der Waals surface area contributed by atoms with Gasteiger partial charge in [-0.15, -0.1) is 0 Å². The average molecular weight is 577 g/mol. The molecule has 0 spiro atoms. The lowest BCUT2D eigenvalue weighted by Crippen LogP contribution is -2.47. The Morgan fingerprint density at radius 3 is 2.47 bits per heavy atom. The van der Waals surface area contributed by atoms with E-state index in [4.69, 9.17) is 23.2 Å². The molecule has 3 aromatic carbocycles. The van der Waals surface area contributed by atoms with Gasteiger partial charge in [-0.3, -0.25) is 13.9 Å². The monoisotopic (exact) mass is 575 g/mol. The van der Waals surface area contributed by atoms with Crippen molar-refractivity contribution in [3.05, 3.63) is 70.2 Å². The molecule has 0 aromatic heterocycles. The third kappa shape index (κ3) is 5.77. The van der Waals surface area contributed by atoms with Gasteiger partial charge in [-0.2, -0.15) is 0 Å². The van der Waals surface area contributed by atoms with E-state index in [-0.39, 0.29) is 36.2 Å². The molecule has 1 atom stereocenters. The fraction of sp³-hybridized carbons (Fsp3) is 0.357. The van der Waals surface area contributed by atoms with Crippen LogP contribution in [0.25, 0.3) is 10.8 Å². The first-order valence-corrected chi connectivity index (χ1v) is 14.9. The van der Waals surface area contributed by atoms with E-state index in [9.17, 15) is 18.0 Å². The van der Waals surface area contributed by atoms with Crippen LogP contribution in [-0.2, 0) is 26.2 Å². The lowest BCUT2D eigenvalue weighted by Gasteiger charge is -2.29. The number of carbonyl (C=O) groups excluding carboxylic acids is 2. The molecular formula is C28H31Cl2N3O4S. The first kappa shape index (κ1) is 28.2. The number of unbranched alkanes of at least 4 members (excludes halogenated alkanes) is 1. The van der Waals surface area contributed by atoms with Crippen molar-refractivity contribution in [2.24, 2.45) is 0 Å². The summed E-state index contributed by atoms with van der Waals surface area (Å²) in [6.45, 7) is 4.59. The highest BCUT2D eigenvalue weighted by atomic mass is 35.5. The molecule has 1 aliphatic heterocycles. The predicted molar refractivity (Wildman–Crippen MR) is 152 cm³/mol. The largest absolute Gasteiger partial charge is 0.354 e. The van der Waals surface area contributed by atoms with Crippen molar-refractivity contribution in [2.75, 3.05) is 17.4 Å². The summed E-state index contributed by atoms with van der Waals surface area (Å²) in [6, 6.07) is 15.1. The second-order valence-corrected chi connectivity index (χ2v) is 12.0. The molecule has 0 bridgehead atoms. The van der Waals surface area contributed by atoms with Crippen LogP contribution in [0, 0.1) is 0 Å². The SMILES string of the molecule is CCCCNC(=O)[C@@H](C)N(Cc1ccc(Cl)c(Cl)c1)C(=O)CCCN1c2cccc3cccc(c23)S1(=O)=O. The van der Waals surface area contributed by atoms with Gasteiger partial charge in [0.15, 0.2) is 0 Å². The summed E-state index contributed by atoms with van der Waals surface area (Å²) < 4.78 is 27.9. The van der Waals surface area contributed by atoms with Crippen LogP contribution in [-0.4, -0.2) is 44.3 Å². The zero-order valence-corrected chi connectivity index (χ0v) is 23.7. The molecule has 1 aliphatic rings. The van der Waals surface area contributed by atoms with Crippen molar-refractivity contribution < 1.29 is 18.0 Å². The molecule has 0 unspecified atom stereocenters. The Morgan fingerprint density at radius 2 is 1.76 bits per heavy atom. The number of hydrogen-bond acceptors (Lipinski definition) is 4. The van der Waals surface area contributed by atoms with E-state index in [2.05, 4.69) is 5.32 Å². The molecule has 1 heterocycles. The maximum absolute atomic E-state index is 13.4. The van der Waals surface area contributed by atoms with Gasteiger partial charge < -0.3 is 10.2 Å². The summed E-state index contributed by atoms with van der Waals surface area (Å²) in [5, 5.41) is 5.23. The highest BCUT2D eigenvalue weighted by molar-refractivity contribution is 7.93. The number of rotatable bonds is 11. The molecule has 0 aliphatic carbocycles. The number of hydrogen-bond donors (Lipinski definition) is 1. The molecule has 0 fully saturated rings. The van der Waals surface area contributed by atoms with Crippen molar-refractivity contribution in [1.29, 1.82) is 0 Å². The zero-order valence-electron chi connectivity index (χ0n) is 21.4. The van der Waals surface area contributed by atoms with Crippen LogP contribution in [0.5, 0.6) is 0 Å². The minimum atomic E-state index is -3.70. The van der Waals surface area contributed by atoms with Gasteiger partial charge in [-0.05, 0) is 55.0 Å². The Kier molecular flexibility index (Phi) is 8.85. The zero-order chi connectivity index (χ0) is 27.4. The van der Waals surface area contributed by atoms with Crippen LogP contribution in [0.15, 0.2) is 59.5 Å². The summed E-state index contributed by atoms with van der Waals surface area (Å²) >= 11 is 12.2. The van der Waals surface area contributed by atoms with Crippen LogP contribution in [0.1, 0.15) is 45.1 Å². The van der Waals surface area contributed by atoms with E-state index < -0.39 is 16.1 Å². The van der Waals surface area contributed by atoms with E-state index in [0.717, 1.165) is 23.8 Å². The number of carbonyl (C=O) groups is 2. The third-order valence-electron chi connectivity index (χ3n) is 6.77. The van der Waals surface area contributed by atoms with Crippen molar-refractivity contribution in [2.45, 2.75) is 57.0 Å². The quantitative estimate of drug-likeness (QED) is 0.294. The smallest absolute Gasteiger partial charge is 0.265 e. The third-order valence-corrected chi connectivity index (χ3v) is 9.36. The second-order valence-electron chi connectivity index (χ2n) is 9.40. The summed E-state index contributed by atoms with van der Waals surface area (Å²) in [5.74, 6) is -0.488. The average Bonchev–Trinajstić information content (AvgIpc) is 3.12. The fourth-order valence-corrected chi connectivity index (χ4v) is 6.74. The molecule has 10 heteroatoms. The van der Waals surface area contributed by atoms with Gasteiger partial charge in [0.2, 0.25) is 11.8 Å². The van der Waals surface area contributed by atoms with Gasteiger partial charge >= 0.3 is 0 Å². The Morgan fingerprint density at radius 1 is 1.03 bits per heavy atom. The van der Waals surface area contributed by atoms with Gasteiger partial charge in [0.25, 0.3) is 10.0 Å².